The van der Waals surface area contributed by atoms with Crippen LogP contribution in [0.4, 0.5) is 0 Å². The second kappa shape index (κ2) is 6.75. The summed E-state index contributed by atoms with van der Waals surface area (Å²) in [6.45, 7) is 0. The minimum Gasteiger partial charge on any atom is -0.259 e. The Morgan fingerprint density at radius 3 is 2.17 bits per heavy atom. The lowest BCUT2D eigenvalue weighted by molar-refractivity contribution is 1.10. The predicted octanol–water partition coefficient (Wildman–Crippen LogP) is 6.53. The van der Waals surface area contributed by atoms with E-state index in [-0.39, 0.29) is 0 Å². The van der Waals surface area contributed by atoms with Gasteiger partial charge in [0.2, 0.25) is 0 Å². The summed E-state index contributed by atoms with van der Waals surface area (Å²) in [6, 6.07) is 31.0. The number of halogens is 1. The van der Waals surface area contributed by atoms with Gasteiger partial charge in [-0.1, -0.05) is 88.7 Å². The Balaban J connectivity index is 1.72. The van der Waals surface area contributed by atoms with Crippen LogP contribution >= 0.6 is 15.9 Å². The number of rotatable bonds is 2. The largest absolute Gasteiger partial charge is 0.259 e. The maximum atomic E-state index is 4.90. The van der Waals surface area contributed by atoms with Crippen molar-refractivity contribution in [3.8, 4) is 22.6 Å². The van der Waals surface area contributed by atoms with Gasteiger partial charge in [-0.15, -0.1) is 10.2 Å². The van der Waals surface area contributed by atoms with Crippen molar-refractivity contribution in [1.82, 2.24) is 19.6 Å². The van der Waals surface area contributed by atoms with E-state index in [0.29, 0.717) is 5.78 Å². The van der Waals surface area contributed by atoms with E-state index in [1.165, 1.54) is 0 Å². The molecule has 0 spiro atoms. The van der Waals surface area contributed by atoms with Gasteiger partial charge in [0.15, 0.2) is 5.82 Å². The van der Waals surface area contributed by atoms with E-state index in [1.807, 2.05) is 42.5 Å². The van der Waals surface area contributed by atoms with Gasteiger partial charge in [0, 0.05) is 21.0 Å². The van der Waals surface area contributed by atoms with Crippen molar-refractivity contribution in [3.05, 3.63) is 95.5 Å². The second-order valence-corrected chi connectivity index (χ2v) is 8.00. The minimum atomic E-state index is 0.592. The highest BCUT2D eigenvalue weighted by Gasteiger charge is 2.18. The molecule has 0 aliphatic rings. The number of hydrogen-bond donors (Lipinski definition) is 0. The number of hydrogen-bond acceptors (Lipinski definition) is 3. The van der Waals surface area contributed by atoms with Crippen molar-refractivity contribution < 1.29 is 0 Å². The first kappa shape index (κ1) is 17.3. The maximum Gasteiger partial charge on any atom is 0.256 e. The molecule has 30 heavy (non-hydrogen) atoms. The summed E-state index contributed by atoms with van der Waals surface area (Å²) in [5, 5.41) is 12.4. The van der Waals surface area contributed by atoms with Crippen LogP contribution in [0.2, 0.25) is 0 Å². The van der Waals surface area contributed by atoms with Crippen LogP contribution in [0.5, 0.6) is 0 Å². The Hall–Kier alpha value is -3.57. The fourth-order valence-corrected chi connectivity index (χ4v) is 4.53. The molecule has 0 fully saturated rings. The highest BCUT2D eigenvalue weighted by atomic mass is 79.9. The molecule has 0 N–H and O–H groups in total. The summed E-state index contributed by atoms with van der Waals surface area (Å²) in [5.74, 6) is 1.38. The van der Waals surface area contributed by atoms with Gasteiger partial charge in [-0.3, -0.25) is 4.40 Å². The fraction of sp³-hybridized carbons (Fsp3) is 0. The van der Waals surface area contributed by atoms with Gasteiger partial charge in [-0.05, 0) is 29.0 Å². The summed E-state index contributed by atoms with van der Waals surface area (Å²) in [5.41, 5.74) is 4.04. The van der Waals surface area contributed by atoms with Crippen molar-refractivity contribution in [1.29, 1.82) is 0 Å². The van der Waals surface area contributed by atoms with Crippen molar-refractivity contribution in [2.45, 2.75) is 0 Å². The first-order valence-corrected chi connectivity index (χ1v) is 10.5. The summed E-state index contributed by atoms with van der Waals surface area (Å²) in [7, 11) is 0. The summed E-state index contributed by atoms with van der Waals surface area (Å²) in [4.78, 5) is 4.90. The Morgan fingerprint density at radius 1 is 0.633 bits per heavy atom. The van der Waals surface area contributed by atoms with Crippen LogP contribution in [-0.4, -0.2) is 19.6 Å². The Bertz CT molecular complexity index is 1550. The lowest BCUT2D eigenvalue weighted by atomic mass is 10.0. The molecule has 0 amide bonds. The van der Waals surface area contributed by atoms with Gasteiger partial charge in [-0.25, -0.2) is 4.98 Å². The van der Waals surface area contributed by atoms with Crippen molar-refractivity contribution in [2.24, 2.45) is 0 Å². The molecule has 0 radical (unpaired) electrons. The quantitative estimate of drug-likeness (QED) is 0.301. The van der Waals surface area contributed by atoms with Gasteiger partial charge in [-0.2, -0.15) is 0 Å². The number of nitrogens with zero attached hydrogens (tertiary/aromatic N) is 4. The van der Waals surface area contributed by atoms with Crippen LogP contribution in [0, 0.1) is 0 Å². The lowest BCUT2D eigenvalue weighted by Crippen LogP contribution is -1.98. The third kappa shape index (κ3) is 2.56. The lowest BCUT2D eigenvalue weighted by Gasteiger charge is -2.11. The Labute approximate surface area is 181 Å². The van der Waals surface area contributed by atoms with E-state index in [0.717, 1.165) is 48.8 Å². The van der Waals surface area contributed by atoms with Crippen molar-refractivity contribution in [3.63, 3.8) is 0 Å². The number of fused-ring (bicyclic) bond motifs is 4. The number of benzene rings is 4. The zero-order valence-electron chi connectivity index (χ0n) is 15.8. The molecule has 0 unspecified atom stereocenters. The molecule has 2 aromatic heterocycles. The van der Waals surface area contributed by atoms with Crippen LogP contribution in [0.1, 0.15) is 0 Å². The van der Waals surface area contributed by atoms with E-state index in [2.05, 4.69) is 79.1 Å². The van der Waals surface area contributed by atoms with Gasteiger partial charge >= 0.3 is 0 Å². The molecule has 6 aromatic rings. The first-order valence-electron chi connectivity index (χ1n) is 9.68. The fourth-order valence-electron chi connectivity index (χ4n) is 4.05. The highest BCUT2D eigenvalue weighted by Crippen LogP contribution is 2.35. The van der Waals surface area contributed by atoms with Crippen molar-refractivity contribution in [2.75, 3.05) is 0 Å². The van der Waals surface area contributed by atoms with Crippen LogP contribution < -0.4 is 0 Å². The van der Waals surface area contributed by atoms with Crippen LogP contribution in [0.3, 0.4) is 0 Å². The molecule has 142 valence electrons. The normalized spacial score (nSPS) is 11.5. The first-order chi connectivity index (χ1) is 14.8. The summed E-state index contributed by atoms with van der Waals surface area (Å²) >= 11 is 3.66. The van der Waals surface area contributed by atoms with E-state index in [1.54, 1.807) is 0 Å². The van der Waals surface area contributed by atoms with Crippen molar-refractivity contribution >= 4 is 43.4 Å². The average Bonchev–Trinajstić information content (AvgIpc) is 3.24. The summed E-state index contributed by atoms with van der Waals surface area (Å²) < 4.78 is 3.11. The minimum absolute atomic E-state index is 0.592. The SMILES string of the molecule is Brc1ccc(-c2nnc3nc(-c4ccccc4)c4ccccc4n23)c2ccccc12. The van der Waals surface area contributed by atoms with Gasteiger partial charge < -0.3 is 0 Å². The topological polar surface area (TPSA) is 43.1 Å². The van der Waals surface area contributed by atoms with E-state index in [9.17, 15) is 0 Å². The molecule has 0 saturated heterocycles. The zero-order valence-corrected chi connectivity index (χ0v) is 17.4. The zero-order chi connectivity index (χ0) is 20.1. The molecule has 2 heterocycles. The maximum absolute atomic E-state index is 4.90. The molecule has 4 aromatic carbocycles. The number of para-hydroxylation sites is 1. The van der Waals surface area contributed by atoms with E-state index in [4.69, 9.17) is 4.98 Å². The van der Waals surface area contributed by atoms with Gasteiger partial charge in [0.05, 0.1) is 11.2 Å². The third-order valence-electron chi connectivity index (χ3n) is 5.42. The standard InChI is InChI=1S/C25H15BrN4/c26-21-15-14-19(17-10-4-5-11-18(17)21)24-28-29-25-27-23(16-8-2-1-3-9-16)20-12-6-7-13-22(20)30(24)25/h1-15H. The monoisotopic (exact) mass is 450 g/mol. The van der Waals surface area contributed by atoms with Gasteiger partial charge in [0.1, 0.15) is 0 Å². The van der Waals surface area contributed by atoms with Crippen LogP contribution in [-0.2, 0) is 0 Å². The highest BCUT2D eigenvalue weighted by molar-refractivity contribution is 9.10. The predicted molar refractivity (Wildman–Crippen MR) is 124 cm³/mol. The smallest absolute Gasteiger partial charge is 0.256 e. The molecular weight excluding hydrogens is 436 g/mol. The summed E-state index contributed by atoms with van der Waals surface area (Å²) in [6.07, 6.45) is 0. The third-order valence-corrected chi connectivity index (χ3v) is 6.11. The van der Waals surface area contributed by atoms with E-state index < -0.39 is 0 Å². The molecule has 5 heteroatoms. The molecular formula is C25H15BrN4. The van der Waals surface area contributed by atoms with E-state index >= 15 is 0 Å². The molecule has 0 saturated carbocycles. The Kier molecular flexibility index (Phi) is 3.89. The molecule has 0 bridgehead atoms. The molecule has 0 aliphatic carbocycles. The van der Waals surface area contributed by atoms with Crippen LogP contribution in [0.15, 0.2) is 95.5 Å². The molecule has 0 aliphatic heterocycles. The van der Waals surface area contributed by atoms with Crippen LogP contribution in [0.25, 0.3) is 50.1 Å². The molecule has 4 nitrogen and oxygen atoms in total. The van der Waals surface area contributed by atoms with Gasteiger partial charge in [0.25, 0.3) is 5.78 Å². The number of aromatic nitrogens is 4. The molecule has 6 rings (SSSR count). The second-order valence-electron chi connectivity index (χ2n) is 7.14. The Morgan fingerprint density at radius 2 is 1.33 bits per heavy atom. The average molecular weight is 451 g/mol. The molecule has 0 atom stereocenters.